The van der Waals surface area contributed by atoms with Crippen LogP contribution in [-0.4, -0.2) is 25.7 Å². The van der Waals surface area contributed by atoms with Crippen molar-refractivity contribution in [3.05, 3.63) is 29.3 Å². The second-order valence-electron chi connectivity index (χ2n) is 8.56. The van der Waals surface area contributed by atoms with E-state index in [9.17, 15) is 18.9 Å². The molecule has 0 bridgehead atoms. The number of hydrogen-bond acceptors (Lipinski definition) is 4. The molecule has 3 aliphatic carbocycles. The third kappa shape index (κ3) is 3.84. The maximum absolute atomic E-state index is 11.4. The summed E-state index contributed by atoms with van der Waals surface area (Å²) < 4.78 is 32.4. The first kappa shape index (κ1) is 20.5. The summed E-state index contributed by atoms with van der Waals surface area (Å²) in [6.07, 6.45) is 4.63. The fourth-order valence-corrected chi connectivity index (χ4v) is 7.11. The van der Waals surface area contributed by atoms with E-state index in [4.69, 9.17) is 18.8 Å². The Morgan fingerprint density at radius 1 is 1.04 bits per heavy atom. The van der Waals surface area contributed by atoms with Gasteiger partial charge in [-0.2, -0.15) is 0 Å². The van der Waals surface area contributed by atoms with Gasteiger partial charge in [0.25, 0.3) is 0 Å². The van der Waals surface area contributed by atoms with Crippen molar-refractivity contribution in [2.75, 3.05) is 0 Å². The molecule has 28 heavy (non-hydrogen) atoms. The van der Waals surface area contributed by atoms with Crippen molar-refractivity contribution in [3.8, 4) is 5.75 Å². The molecule has 0 radical (unpaired) electrons. The number of fused-ring (bicyclic) bond motifs is 5. The van der Waals surface area contributed by atoms with Crippen molar-refractivity contribution in [3.63, 3.8) is 0 Å². The van der Waals surface area contributed by atoms with Gasteiger partial charge in [0.15, 0.2) is 0 Å². The predicted molar refractivity (Wildman–Crippen MR) is 101 cm³/mol. The molecule has 1 aromatic rings. The number of phosphoric ester groups is 2. The SMILES string of the molecule is C[C@]12CC[C@@H]3c4ccc(OP(=O)(O)O)cc4CC[C@H]3[C@@H]1CC[C@@H]2OP(=O)(O)O. The van der Waals surface area contributed by atoms with Gasteiger partial charge in [0.05, 0.1) is 6.10 Å². The molecule has 0 heterocycles. The Bertz CT molecular complexity index is 861. The van der Waals surface area contributed by atoms with Crippen molar-refractivity contribution in [1.29, 1.82) is 0 Å². The quantitative estimate of drug-likeness (QED) is 0.532. The molecular weight excluding hydrogens is 406 g/mol. The van der Waals surface area contributed by atoms with Crippen LogP contribution < -0.4 is 4.52 Å². The molecule has 0 aliphatic heterocycles. The highest BCUT2D eigenvalue weighted by Gasteiger charge is 2.56. The minimum Gasteiger partial charge on any atom is -0.404 e. The summed E-state index contributed by atoms with van der Waals surface area (Å²) in [5, 5.41) is 0. The second-order valence-corrected chi connectivity index (χ2v) is 10.9. The molecule has 3 aliphatic rings. The van der Waals surface area contributed by atoms with Crippen molar-refractivity contribution >= 4 is 15.6 Å². The molecule has 1 aromatic carbocycles. The summed E-state index contributed by atoms with van der Waals surface area (Å²) in [6.45, 7) is 2.10. The Labute approximate surface area is 163 Å². The number of benzene rings is 1. The van der Waals surface area contributed by atoms with Crippen LogP contribution in [0.5, 0.6) is 5.75 Å². The lowest BCUT2D eigenvalue weighted by Gasteiger charge is -2.50. The Morgan fingerprint density at radius 2 is 1.79 bits per heavy atom. The van der Waals surface area contributed by atoms with Crippen LogP contribution in [-0.2, 0) is 20.1 Å². The minimum absolute atomic E-state index is 0.183. The first-order chi connectivity index (χ1) is 13.0. The van der Waals surface area contributed by atoms with Crippen LogP contribution in [0.4, 0.5) is 0 Å². The van der Waals surface area contributed by atoms with E-state index in [1.54, 1.807) is 12.1 Å². The highest BCUT2D eigenvalue weighted by Crippen LogP contribution is 2.63. The molecule has 10 heteroatoms. The number of hydrogen-bond donors (Lipinski definition) is 4. The van der Waals surface area contributed by atoms with Crippen molar-refractivity contribution in [1.82, 2.24) is 0 Å². The maximum Gasteiger partial charge on any atom is 0.524 e. The Kier molecular flexibility index (Phi) is 5.08. The van der Waals surface area contributed by atoms with Gasteiger partial charge in [-0.1, -0.05) is 13.0 Å². The molecule has 2 saturated carbocycles. The highest BCUT2D eigenvalue weighted by molar-refractivity contribution is 7.46. The Balaban J connectivity index is 1.57. The summed E-state index contributed by atoms with van der Waals surface area (Å²) in [5.74, 6) is 1.30. The summed E-state index contributed by atoms with van der Waals surface area (Å²) >= 11 is 0. The maximum atomic E-state index is 11.4. The van der Waals surface area contributed by atoms with Gasteiger partial charge in [0.1, 0.15) is 5.75 Å². The number of rotatable bonds is 4. The highest BCUT2D eigenvalue weighted by atomic mass is 31.2. The molecule has 5 atom stereocenters. The zero-order chi connectivity index (χ0) is 20.3. The van der Waals surface area contributed by atoms with Gasteiger partial charge in [0, 0.05) is 0 Å². The van der Waals surface area contributed by atoms with Crippen LogP contribution in [0.25, 0.3) is 0 Å². The molecule has 8 nitrogen and oxygen atoms in total. The molecule has 0 amide bonds. The van der Waals surface area contributed by atoms with E-state index in [2.05, 4.69) is 6.92 Å². The van der Waals surface area contributed by atoms with E-state index in [1.165, 1.54) is 5.56 Å². The van der Waals surface area contributed by atoms with Gasteiger partial charge in [0.2, 0.25) is 0 Å². The molecule has 0 saturated heterocycles. The molecule has 2 fully saturated rings. The molecule has 156 valence electrons. The standard InChI is InChI=1S/C18H26O8P2/c1-18-9-8-14-13-5-3-12(25-27(19,20)21)10-11(13)2-4-15(14)16(18)6-7-17(18)26-28(22,23)24/h3,5,10,14-17H,2,4,6-9H2,1H3,(H2,19,20,21)(H2,22,23,24)/t14-,15-,16+,17+,18+/m1/s1. The first-order valence-corrected chi connectivity index (χ1v) is 12.6. The summed E-state index contributed by atoms with van der Waals surface area (Å²) in [5.41, 5.74) is 2.04. The summed E-state index contributed by atoms with van der Waals surface area (Å²) in [6, 6.07) is 5.26. The van der Waals surface area contributed by atoms with Crippen molar-refractivity contribution < 1.29 is 37.8 Å². The Morgan fingerprint density at radius 3 is 2.46 bits per heavy atom. The molecule has 0 spiro atoms. The monoisotopic (exact) mass is 432 g/mol. The third-order valence-electron chi connectivity index (χ3n) is 7.10. The fourth-order valence-electron chi connectivity index (χ4n) is 6.04. The number of phosphoric acid groups is 2. The lowest BCUT2D eigenvalue weighted by atomic mass is 9.55. The average Bonchev–Trinajstić information content (AvgIpc) is 2.88. The zero-order valence-electron chi connectivity index (χ0n) is 15.6. The van der Waals surface area contributed by atoms with Gasteiger partial charge >= 0.3 is 15.6 Å². The normalized spacial score (nSPS) is 35.0. The topological polar surface area (TPSA) is 134 Å². The average molecular weight is 432 g/mol. The van der Waals surface area contributed by atoms with Gasteiger partial charge < -0.3 is 14.3 Å². The van der Waals surface area contributed by atoms with E-state index in [0.717, 1.165) is 37.7 Å². The van der Waals surface area contributed by atoms with Crippen LogP contribution in [0, 0.1) is 17.3 Å². The molecule has 4 rings (SSSR count). The van der Waals surface area contributed by atoms with Gasteiger partial charge in [-0.05, 0) is 85.0 Å². The van der Waals surface area contributed by atoms with Crippen LogP contribution in [0.3, 0.4) is 0 Å². The van der Waals surface area contributed by atoms with Crippen molar-refractivity contribution in [2.24, 2.45) is 17.3 Å². The zero-order valence-corrected chi connectivity index (χ0v) is 17.4. The van der Waals surface area contributed by atoms with E-state index in [0.29, 0.717) is 24.2 Å². The fraction of sp³-hybridized carbons (Fsp3) is 0.667. The van der Waals surface area contributed by atoms with Crippen LogP contribution in [0.15, 0.2) is 18.2 Å². The van der Waals surface area contributed by atoms with E-state index in [-0.39, 0.29) is 11.2 Å². The number of aryl methyl sites for hydroxylation is 1. The first-order valence-electron chi connectivity index (χ1n) is 9.58. The van der Waals surface area contributed by atoms with Crippen LogP contribution in [0.1, 0.15) is 56.1 Å². The van der Waals surface area contributed by atoms with Crippen LogP contribution >= 0.6 is 15.6 Å². The minimum atomic E-state index is -4.58. The molecular formula is C18H26O8P2. The summed E-state index contributed by atoms with van der Waals surface area (Å²) in [4.78, 5) is 36.6. The van der Waals surface area contributed by atoms with E-state index >= 15 is 0 Å². The predicted octanol–water partition coefficient (Wildman–Crippen LogP) is 3.49. The van der Waals surface area contributed by atoms with Gasteiger partial charge in [-0.3, -0.25) is 14.3 Å². The molecule has 0 unspecified atom stereocenters. The smallest absolute Gasteiger partial charge is 0.404 e. The lowest BCUT2D eigenvalue weighted by Crippen LogP contribution is -2.44. The van der Waals surface area contributed by atoms with Gasteiger partial charge in [-0.25, -0.2) is 9.13 Å². The second kappa shape index (κ2) is 6.92. The van der Waals surface area contributed by atoms with E-state index < -0.39 is 21.7 Å². The lowest BCUT2D eigenvalue weighted by molar-refractivity contribution is -0.0217. The summed E-state index contributed by atoms with van der Waals surface area (Å²) in [7, 11) is -9.09. The molecule has 4 N–H and O–H groups in total. The van der Waals surface area contributed by atoms with Crippen molar-refractivity contribution in [2.45, 2.75) is 57.5 Å². The largest absolute Gasteiger partial charge is 0.524 e. The van der Waals surface area contributed by atoms with Crippen LogP contribution in [0.2, 0.25) is 0 Å². The van der Waals surface area contributed by atoms with E-state index in [1.807, 2.05) is 6.07 Å². The Hall–Kier alpha value is -0.720. The van der Waals surface area contributed by atoms with Gasteiger partial charge in [-0.15, -0.1) is 0 Å². The third-order valence-corrected chi connectivity index (χ3v) is 8.08. The molecule has 0 aromatic heterocycles.